The third-order valence-electron chi connectivity index (χ3n) is 4.31. The van der Waals surface area contributed by atoms with Gasteiger partial charge in [-0.05, 0) is 57.3 Å². The van der Waals surface area contributed by atoms with Crippen molar-refractivity contribution in [3.8, 4) is 0 Å². The number of benzene rings is 1. The van der Waals surface area contributed by atoms with Crippen molar-refractivity contribution in [3.05, 3.63) is 35.4 Å². The lowest BCUT2D eigenvalue weighted by atomic mass is 10.1. The Morgan fingerprint density at radius 1 is 1.27 bits per heavy atom. The number of nitrogens with one attached hydrogen (secondary N) is 2. The van der Waals surface area contributed by atoms with Crippen molar-refractivity contribution in [2.75, 3.05) is 20.1 Å². The third-order valence-corrected chi connectivity index (χ3v) is 4.31. The first-order valence-corrected chi connectivity index (χ1v) is 8.30. The maximum Gasteiger partial charge on any atom is 0.234 e. The Labute approximate surface area is 134 Å². The first-order valence-electron chi connectivity index (χ1n) is 8.30. The number of carbonyl (C=O) groups excluding carboxylic acids is 1. The Bertz CT molecular complexity index is 483. The van der Waals surface area contributed by atoms with Crippen molar-refractivity contribution in [2.45, 2.75) is 45.8 Å². The number of hydrogen-bond acceptors (Lipinski definition) is 3. The quantitative estimate of drug-likeness (QED) is 0.734. The molecule has 22 heavy (non-hydrogen) atoms. The van der Waals surface area contributed by atoms with E-state index in [0.717, 1.165) is 19.0 Å². The number of carbonyl (C=O) groups is 1. The second kappa shape index (κ2) is 8.30. The largest absolute Gasteiger partial charge is 0.351 e. The molecule has 122 valence electrons. The molecule has 1 aliphatic rings. The highest BCUT2D eigenvalue weighted by atomic mass is 16.1. The van der Waals surface area contributed by atoms with Gasteiger partial charge in [0.1, 0.15) is 0 Å². The van der Waals surface area contributed by atoms with Crippen LogP contribution >= 0.6 is 0 Å². The van der Waals surface area contributed by atoms with Crippen LogP contribution in [0.1, 0.15) is 37.8 Å². The predicted molar refractivity (Wildman–Crippen MR) is 90.5 cm³/mol. The topological polar surface area (TPSA) is 44.4 Å². The average molecular weight is 303 g/mol. The molecular weight excluding hydrogens is 274 g/mol. The second-order valence-corrected chi connectivity index (χ2v) is 6.63. The highest BCUT2D eigenvalue weighted by Gasteiger charge is 2.20. The van der Waals surface area contributed by atoms with E-state index >= 15 is 0 Å². The van der Waals surface area contributed by atoms with Gasteiger partial charge in [-0.15, -0.1) is 0 Å². The van der Waals surface area contributed by atoms with Crippen LogP contribution < -0.4 is 10.6 Å². The summed E-state index contributed by atoms with van der Waals surface area (Å²) in [6, 6.07) is 8.85. The first kappa shape index (κ1) is 17.0. The van der Waals surface area contributed by atoms with E-state index in [1.807, 2.05) is 6.07 Å². The summed E-state index contributed by atoms with van der Waals surface area (Å²) in [6.45, 7) is 7.29. The van der Waals surface area contributed by atoms with Crippen molar-refractivity contribution in [1.29, 1.82) is 0 Å². The SMILES string of the molecule is CC(C)N(C)Cc1ccccc1CNC(=O)CNCC1CC1. The summed E-state index contributed by atoms with van der Waals surface area (Å²) in [4.78, 5) is 14.2. The zero-order valence-corrected chi connectivity index (χ0v) is 14.1. The molecule has 0 radical (unpaired) electrons. The van der Waals surface area contributed by atoms with E-state index in [-0.39, 0.29) is 5.91 Å². The Hall–Kier alpha value is -1.39. The van der Waals surface area contributed by atoms with Gasteiger partial charge in [-0.25, -0.2) is 0 Å². The highest BCUT2D eigenvalue weighted by Crippen LogP contribution is 2.27. The molecule has 0 unspecified atom stereocenters. The van der Waals surface area contributed by atoms with Gasteiger partial charge >= 0.3 is 0 Å². The molecule has 1 saturated carbocycles. The van der Waals surface area contributed by atoms with E-state index in [0.29, 0.717) is 19.1 Å². The lowest BCUT2D eigenvalue weighted by Gasteiger charge is -2.22. The molecule has 2 N–H and O–H groups in total. The summed E-state index contributed by atoms with van der Waals surface area (Å²) in [5, 5.41) is 6.24. The fourth-order valence-corrected chi connectivity index (χ4v) is 2.30. The second-order valence-electron chi connectivity index (χ2n) is 6.63. The standard InChI is InChI=1S/C18H29N3O/c1-14(2)21(3)13-17-7-5-4-6-16(17)11-20-18(22)12-19-10-15-8-9-15/h4-7,14-15,19H,8-13H2,1-3H3,(H,20,22). The van der Waals surface area contributed by atoms with Crippen molar-refractivity contribution in [3.63, 3.8) is 0 Å². The van der Waals surface area contributed by atoms with E-state index in [4.69, 9.17) is 0 Å². The normalized spacial score (nSPS) is 14.6. The smallest absolute Gasteiger partial charge is 0.234 e. The minimum absolute atomic E-state index is 0.0765. The molecule has 0 saturated heterocycles. The summed E-state index contributed by atoms with van der Waals surface area (Å²) < 4.78 is 0. The molecule has 1 aromatic carbocycles. The van der Waals surface area contributed by atoms with Gasteiger partial charge in [-0.1, -0.05) is 24.3 Å². The molecule has 4 nitrogen and oxygen atoms in total. The molecule has 2 rings (SSSR count). The summed E-state index contributed by atoms with van der Waals surface area (Å²) in [5.74, 6) is 0.882. The van der Waals surface area contributed by atoms with Crippen LogP contribution in [0.15, 0.2) is 24.3 Å². The van der Waals surface area contributed by atoms with Crippen molar-refractivity contribution in [2.24, 2.45) is 5.92 Å². The lowest BCUT2D eigenvalue weighted by molar-refractivity contribution is -0.120. The predicted octanol–water partition coefficient (Wildman–Crippen LogP) is 2.14. The Kier molecular flexibility index (Phi) is 6.40. The molecule has 0 aromatic heterocycles. The molecule has 1 aliphatic carbocycles. The minimum Gasteiger partial charge on any atom is -0.351 e. The zero-order chi connectivity index (χ0) is 15.9. The lowest BCUT2D eigenvalue weighted by Crippen LogP contribution is -2.34. The maximum atomic E-state index is 11.9. The van der Waals surface area contributed by atoms with E-state index in [1.165, 1.54) is 24.0 Å². The number of amides is 1. The Morgan fingerprint density at radius 3 is 2.59 bits per heavy atom. The monoisotopic (exact) mass is 303 g/mol. The molecule has 0 spiro atoms. The molecule has 4 heteroatoms. The molecule has 0 bridgehead atoms. The Morgan fingerprint density at radius 2 is 1.95 bits per heavy atom. The highest BCUT2D eigenvalue weighted by molar-refractivity contribution is 5.78. The summed E-state index contributed by atoms with van der Waals surface area (Å²) in [5.41, 5.74) is 2.48. The van der Waals surface area contributed by atoms with E-state index in [2.05, 4.69) is 54.6 Å². The number of rotatable bonds is 9. The maximum absolute atomic E-state index is 11.9. The van der Waals surface area contributed by atoms with Crippen LogP contribution in [0.4, 0.5) is 0 Å². The third kappa shape index (κ3) is 5.78. The van der Waals surface area contributed by atoms with Crippen LogP contribution in [0.2, 0.25) is 0 Å². The fraction of sp³-hybridized carbons (Fsp3) is 0.611. The fourth-order valence-electron chi connectivity index (χ4n) is 2.30. The van der Waals surface area contributed by atoms with Gasteiger partial charge < -0.3 is 10.6 Å². The van der Waals surface area contributed by atoms with E-state index in [1.54, 1.807) is 0 Å². The van der Waals surface area contributed by atoms with Gasteiger partial charge in [0.15, 0.2) is 0 Å². The van der Waals surface area contributed by atoms with Gasteiger partial charge in [0, 0.05) is 19.1 Å². The molecular formula is C18H29N3O. The van der Waals surface area contributed by atoms with Gasteiger partial charge in [0.2, 0.25) is 5.91 Å². The van der Waals surface area contributed by atoms with Crippen molar-refractivity contribution in [1.82, 2.24) is 15.5 Å². The minimum atomic E-state index is 0.0765. The van der Waals surface area contributed by atoms with Crippen molar-refractivity contribution >= 4 is 5.91 Å². The number of hydrogen-bond donors (Lipinski definition) is 2. The first-order chi connectivity index (χ1) is 10.6. The molecule has 0 heterocycles. The Balaban J connectivity index is 1.79. The molecule has 1 amide bonds. The van der Waals surface area contributed by atoms with Crippen LogP contribution in [0, 0.1) is 5.92 Å². The van der Waals surface area contributed by atoms with Gasteiger partial charge in [-0.3, -0.25) is 9.69 Å². The van der Waals surface area contributed by atoms with Crippen LogP contribution in [0.25, 0.3) is 0 Å². The van der Waals surface area contributed by atoms with Crippen LogP contribution in [-0.2, 0) is 17.9 Å². The van der Waals surface area contributed by atoms with Crippen LogP contribution in [0.5, 0.6) is 0 Å². The summed E-state index contributed by atoms with van der Waals surface area (Å²) >= 11 is 0. The van der Waals surface area contributed by atoms with Gasteiger partial charge in [0.25, 0.3) is 0 Å². The van der Waals surface area contributed by atoms with Crippen LogP contribution in [-0.4, -0.2) is 37.0 Å². The summed E-state index contributed by atoms with van der Waals surface area (Å²) in [7, 11) is 2.13. The molecule has 1 fully saturated rings. The summed E-state index contributed by atoms with van der Waals surface area (Å²) in [6.07, 6.45) is 2.62. The molecule has 0 atom stereocenters. The van der Waals surface area contributed by atoms with Crippen LogP contribution in [0.3, 0.4) is 0 Å². The molecule has 1 aromatic rings. The van der Waals surface area contributed by atoms with Gasteiger partial charge in [-0.2, -0.15) is 0 Å². The number of nitrogens with zero attached hydrogens (tertiary/aromatic N) is 1. The van der Waals surface area contributed by atoms with E-state index in [9.17, 15) is 4.79 Å². The molecule has 0 aliphatic heterocycles. The average Bonchev–Trinajstić information content (AvgIpc) is 3.30. The zero-order valence-electron chi connectivity index (χ0n) is 14.1. The van der Waals surface area contributed by atoms with Crippen molar-refractivity contribution < 1.29 is 4.79 Å². The van der Waals surface area contributed by atoms with E-state index < -0.39 is 0 Å². The van der Waals surface area contributed by atoms with Gasteiger partial charge in [0.05, 0.1) is 6.54 Å².